The van der Waals surface area contributed by atoms with E-state index in [0.29, 0.717) is 43.7 Å². The van der Waals surface area contributed by atoms with Crippen LogP contribution in [-0.4, -0.2) is 58.6 Å². The van der Waals surface area contributed by atoms with Crippen molar-refractivity contribution in [3.05, 3.63) is 69.9 Å². The van der Waals surface area contributed by atoms with Crippen LogP contribution in [-0.2, 0) is 0 Å². The molecule has 0 spiro atoms. The van der Waals surface area contributed by atoms with Gasteiger partial charge in [-0.05, 0) is 70.0 Å². The van der Waals surface area contributed by atoms with Crippen LogP contribution in [0.5, 0.6) is 0 Å². The van der Waals surface area contributed by atoms with Gasteiger partial charge in [-0.2, -0.15) is 0 Å². The molecule has 0 saturated carbocycles. The summed E-state index contributed by atoms with van der Waals surface area (Å²) in [6.07, 6.45) is 5.38. The summed E-state index contributed by atoms with van der Waals surface area (Å²) in [7, 11) is 0. The smallest absolute Gasteiger partial charge is 0.254 e. The van der Waals surface area contributed by atoms with E-state index in [1.54, 1.807) is 23.5 Å². The Morgan fingerprint density at radius 3 is 2.69 bits per heavy atom. The largest absolute Gasteiger partial charge is 0.352 e. The minimum absolute atomic E-state index is 0.0340. The van der Waals surface area contributed by atoms with Crippen molar-refractivity contribution in [1.29, 1.82) is 0 Å². The van der Waals surface area contributed by atoms with Crippen LogP contribution in [0.1, 0.15) is 63.6 Å². The zero-order valence-corrected chi connectivity index (χ0v) is 21.0. The number of thiazole rings is 1. The molecule has 7 nitrogen and oxygen atoms in total. The zero-order valence-electron chi connectivity index (χ0n) is 20.2. The monoisotopic (exact) mass is 497 g/mol. The number of likely N-dealkylation sites (tertiary alicyclic amines) is 1. The van der Waals surface area contributed by atoms with Gasteiger partial charge in [-0.25, -0.2) is 9.37 Å². The third-order valence-electron chi connectivity index (χ3n) is 6.01. The molecule has 35 heavy (non-hydrogen) atoms. The number of nitrogens with zero attached hydrogens (tertiary/aromatic N) is 3. The molecule has 2 aromatic heterocycles. The zero-order chi connectivity index (χ0) is 24.8. The molecule has 9 heteroatoms. The number of benzene rings is 1. The number of aromatic nitrogens is 2. The van der Waals surface area contributed by atoms with Crippen molar-refractivity contribution >= 4 is 23.2 Å². The van der Waals surface area contributed by atoms with Gasteiger partial charge >= 0.3 is 0 Å². The molecule has 2 unspecified atom stereocenters. The number of halogens is 1. The molecule has 1 aliphatic rings. The second kappa shape index (κ2) is 11.6. The number of nitrogens with one attached hydrogen (secondary N) is 2. The first kappa shape index (κ1) is 25.1. The predicted molar refractivity (Wildman–Crippen MR) is 136 cm³/mol. The maximum atomic E-state index is 13.6. The first-order chi connectivity index (χ1) is 16.9. The summed E-state index contributed by atoms with van der Waals surface area (Å²) in [6, 6.07) is 9.08. The van der Waals surface area contributed by atoms with Crippen molar-refractivity contribution in [3.8, 4) is 5.69 Å². The molecule has 2 amide bonds. The molecular weight excluding hydrogens is 465 g/mol. The first-order valence-electron chi connectivity index (χ1n) is 12.1. The molecule has 2 N–H and O–H groups in total. The summed E-state index contributed by atoms with van der Waals surface area (Å²) in [5.41, 5.74) is 2.64. The summed E-state index contributed by atoms with van der Waals surface area (Å²) in [6.45, 7) is 5.52. The molecule has 1 aliphatic heterocycles. The lowest BCUT2D eigenvalue weighted by molar-refractivity contribution is 0.0735. The Morgan fingerprint density at radius 1 is 1.20 bits per heavy atom. The van der Waals surface area contributed by atoms with E-state index < -0.39 is 6.17 Å². The van der Waals surface area contributed by atoms with Crippen LogP contribution in [0.3, 0.4) is 0 Å². The topological polar surface area (TPSA) is 79.3 Å². The van der Waals surface area contributed by atoms with Crippen LogP contribution in [0.4, 0.5) is 4.39 Å². The van der Waals surface area contributed by atoms with Crippen LogP contribution in [0.2, 0.25) is 0 Å². The molecule has 1 aromatic carbocycles. The number of amides is 2. The van der Waals surface area contributed by atoms with E-state index in [1.807, 2.05) is 52.4 Å². The Hall–Kier alpha value is -3.04. The highest BCUT2D eigenvalue weighted by atomic mass is 32.1. The molecule has 2 atom stereocenters. The van der Waals surface area contributed by atoms with Crippen molar-refractivity contribution in [3.63, 3.8) is 0 Å². The highest BCUT2D eigenvalue weighted by molar-refractivity contribution is 7.09. The van der Waals surface area contributed by atoms with Crippen LogP contribution in [0.15, 0.2) is 48.1 Å². The molecule has 0 bridgehead atoms. The van der Waals surface area contributed by atoms with Crippen molar-refractivity contribution in [2.45, 2.75) is 45.3 Å². The fraction of sp³-hybridized carbons (Fsp3) is 0.423. The van der Waals surface area contributed by atoms with Gasteiger partial charge in [0.1, 0.15) is 11.2 Å². The molecule has 1 fully saturated rings. The second-order valence-electron chi connectivity index (χ2n) is 8.94. The van der Waals surface area contributed by atoms with Crippen LogP contribution in [0, 0.1) is 6.92 Å². The minimum atomic E-state index is -0.896. The van der Waals surface area contributed by atoms with E-state index in [1.165, 1.54) is 6.92 Å². The summed E-state index contributed by atoms with van der Waals surface area (Å²) >= 11 is 1.59. The lowest BCUT2D eigenvalue weighted by Gasteiger charge is -2.24. The molecule has 0 radical (unpaired) electrons. The van der Waals surface area contributed by atoms with E-state index in [4.69, 9.17) is 0 Å². The number of hydrogen-bond acceptors (Lipinski definition) is 5. The third-order valence-corrected chi connectivity index (χ3v) is 7.07. The molecule has 4 rings (SSSR count). The van der Waals surface area contributed by atoms with Gasteiger partial charge in [0.25, 0.3) is 11.8 Å². The average Bonchev–Trinajstić information content (AvgIpc) is 3.62. The van der Waals surface area contributed by atoms with Gasteiger partial charge in [0, 0.05) is 59.9 Å². The van der Waals surface area contributed by atoms with Gasteiger partial charge in [-0.1, -0.05) is 0 Å². The highest BCUT2D eigenvalue weighted by Crippen LogP contribution is 2.35. The Bertz CT molecular complexity index is 1140. The van der Waals surface area contributed by atoms with Gasteiger partial charge in [0.05, 0.1) is 6.04 Å². The molecule has 3 heterocycles. The SMILES string of the molecule is Cc1csc(C2CCCN2C(=O)c2cc(C(=O)NCCCNCC(C)F)cc(-n3cccc3)c2)n1. The number of aryl methyl sites for hydroxylation is 1. The lowest BCUT2D eigenvalue weighted by Crippen LogP contribution is -2.31. The molecule has 186 valence electrons. The number of alkyl halides is 1. The van der Waals surface area contributed by atoms with Crippen molar-refractivity contribution in [2.24, 2.45) is 0 Å². The number of rotatable bonds is 10. The maximum Gasteiger partial charge on any atom is 0.254 e. The highest BCUT2D eigenvalue weighted by Gasteiger charge is 2.33. The van der Waals surface area contributed by atoms with E-state index in [0.717, 1.165) is 29.2 Å². The number of hydrogen-bond donors (Lipinski definition) is 2. The molecular formula is C26H32FN5O2S. The van der Waals surface area contributed by atoms with E-state index in [2.05, 4.69) is 15.6 Å². The van der Waals surface area contributed by atoms with Crippen molar-refractivity contribution in [2.75, 3.05) is 26.2 Å². The quantitative estimate of drug-likeness (QED) is 0.410. The molecule has 0 aliphatic carbocycles. The van der Waals surface area contributed by atoms with Crippen LogP contribution >= 0.6 is 11.3 Å². The van der Waals surface area contributed by atoms with Gasteiger partial charge in [-0.15, -0.1) is 11.3 Å². The Balaban J connectivity index is 1.52. The minimum Gasteiger partial charge on any atom is -0.352 e. The van der Waals surface area contributed by atoms with Gasteiger partial charge in [0.2, 0.25) is 0 Å². The van der Waals surface area contributed by atoms with Crippen molar-refractivity contribution in [1.82, 2.24) is 25.1 Å². The normalized spacial score (nSPS) is 16.4. The number of carbonyl (C=O) groups is 2. The average molecular weight is 498 g/mol. The molecule has 1 saturated heterocycles. The van der Waals surface area contributed by atoms with E-state index in [9.17, 15) is 14.0 Å². The third kappa shape index (κ3) is 6.35. The Morgan fingerprint density at radius 2 is 1.97 bits per heavy atom. The predicted octanol–water partition coefficient (Wildman–Crippen LogP) is 4.29. The first-order valence-corrected chi connectivity index (χ1v) is 12.9. The van der Waals surface area contributed by atoms with E-state index in [-0.39, 0.29) is 17.9 Å². The summed E-state index contributed by atoms with van der Waals surface area (Å²) in [5, 5.41) is 8.91. The van der Waals surface area contributed by atoms with E-state index >= 15 is 0 Å². The molecule has 3 aromatic rings. The standard InChI is InChI=1S/C26H32FN5O2S/c1-18(27)16-28-8-6-9-29-24(33)20-13-21(15-22(14-20)31-10-3-4-11-31)26(34)32-12-5-7-23(32)25-30-19(2)17-35-25/h3-4,10-11,13-15,17-18,23,28H,5-9,12,16H2,1-2H3,(H,29,33). The Labute approximate surface area is 209 Å². The number of carbonyl (C=O) groups excluding carboxylic acids is 2. The lowest BCUT2D eigenvalue weighted by atomic mass is 10.1. The van der Waals surface area contributed by atoms with Crippen molar-refractivity contribution < 1.29 is 14.0 Å². The summed E-state index contributed by atoms with van der Waals surface area (Å²) in [4.78, 5) is 33.1. The van der Waals surface area contributed by atoms with Gasteiger partial charge in [0.15, 0.2) is 0 Å². The van der Waals surface area contributed by atoms with Gasteiger partial charge in [-0.3, -0.25) is 9.59 Å². The fourth-order valence-corrected chi connectivity index (χ4v) is 5.24. The fourth-order valence-electron chi connectivity index (χ4n) is 4.30. The van der Waals surface area contributed by atoms with Gasteiger partial charge < -0.3 is 20.1 Å². The maximum absolute atomic E-state index is 13.6. The Kier molecular flexibility index (Phi) is 8.30. The van der Waals surface area contributed by atoms with Crippen LogP contribution in [0.25, 0.3) is 5.69 Å². The summed E-state index contributed by atoms with van der Waals surface area (Å²) in [5.74, 6) is -0.326. The second-order valence-corrected chi connectivity index (χ2v) is 9.83. The summed E-state index contributed by atoms with van der Waals surface area (Å²) < 4.78 is 14.8. The van der Waals surface area contributed by atoms with Crippen LogP contribution < -0.4 is 10.6 Å².